The standard InChI is InChI=1S/C24H24N2O4/c27-23(16-4-2-1-3-5-16)24(28)26-13-18(17-6-7-19-20(12-17)30-14-29-19)22-21(26)15-8-10-25(22)11-9-15/h1-7,12,15,18,21-22H,8-11,13-14H2/t18-,21+,22+/m0/s1. The molecule has 1 amide bonds. The molecule has 2 bridgehead atoms. The van der Waals surface area contributed by atoms with Crippen LogP contribution in [0.3, 0.4) is 0 Å². The number of piperidine rings is 3. The topological polar surface area (TPSA) is 59.1 Å². The number of carbonyl (C=O) groups is 2. The molecule has 0 aromatic heterocycles. The summed E-state index contributed by atoms with van der Waals surface area (Å²) in [5.41, 5.74) is 1.62. The number of fused-ring (bicyclic) bond motifs is 3. The van der Waals surface area contributed by atoms with Crippen LogP contribution in [-0.2, 0) is 4.79 Å². The summed E-state index contributed by atoms with van der Waals surface area (Å²) < 4.78 is 11.1. The number of carbonyl (C=O) groups excluding carboxylic acids is 2. The third-order valence-electron chi connectivity index (χ3n) is 7.31. The summed E-state index contributed by atoms with van der Waals surface area (Å²) in [6, 6.07) is 15.4. The van der Waals surface area contributed by atoms with Gasteiger partial charge in [0.25, 0.3) is 5.91 Å². The SMILES string of the molecule is O=C(C(=O)N1C[C@@H](c2ccc3c(c2)OCO3)[C@@H]2[C@H]1C1CCN2CC1)c1ccccc1. The van der Waals surface area contributed by atoms with Crippen LogP contribution < -0.4 is 9.47 Å². The molecule has 0 saturated carbocycles. The van der Waals surface area contributed by atoms with Crippen molar-refractivity contribution in [2.45, 2.75) is 30.8 Å². The van der Waals surface area contributed by atoms with Crippen molar-refractivity contribution in [1.82, 2.24) is 9.80 Å². The number of hydrogen-bond donors (Lipinski definition) is 0. The first-order chi connectivity index (χ1) is 14.7. The lowest BCUT2D eigenvalue weighted by Crippen LogP contribution is -2.61. The third-order valence-corrected chi connectivity index (χ3v) is 7.31. The summed E-state index contributed by atoms with van der Waals surface area (Å²) >= 11 is 0. The molecule has 154 valence electrons. The second kappa shape index (κ2) is 6.84. The second-order valence-corrected chi connectivity index (χ2v) is 8.73. The van der Waals surface area contributed by atoms with Gasteiger partial charge in [0.1, 0.15) is 0 Å². The number of hydrogen-bond acceptors (Lipinski definition) is 5. The van der Waals surface area contributed by atoms with Gasteiger partial charge in [0.2, 0.25) is 12.6 Å². The van der Waals surface area contributed by atoms with Crippen molar-refractivity contribution in [3.63, 3.8) is 0 Å². The zero-order valence-electron chi connectivity index (χ0n) is 16.7. The monoisotopic (exact) mass is 404 g/mol. The van der Waals surface area contributed by atoms with Gasteiger partial charge in [-0.2, -0.15) is 0 Å². The highest BCUT2D eigenvalue weighted by atomic mass is 16.7. The molecule has 0 N–H and O–H groups in total. The van der Waals surface area contributed by atoms with Gasteiger partial charge in [0.15, 0.2) is 11.5 Å². The van der Waals surface area contributed by atoms with Crippen LogP contribution in [0.5, 0.6) is 11.5 Å². The van der Waals surface area contributed by atoms with Crippen molar-refractivity contribution in [1.29, 1.82) is 0 Å². The maximum atomic E-state index is 13.4. The first-order valence-electron chi connectivity index (χ1n) is 10.7. The molecule has 7 rings (SSSR count). The van der Waals surface area contributed by atoms with Crippen molar-refractivity contribution in [2.75, 3.05) is 26.4 Å². The molecule has 0 aliphatic carbocycles. The smallest absolute Gasteiger partial charge is 0.295 e. The van der Waals surface area contributed by atoms with Gasteiger partial charge >= 0.3 is 0 Å². The van der Waals surface area contributed by atoms with Crippen LogP contribution in [0.1, 0.15) is 34.7 Å². The van der Waals surface area contributed by atoms with E-state index in [1.54, 1.807) is 24.3 Å². The lowest BCUT2D eigenvalue weighted by atomic mass is 9.75. The first kappa shape index (κ1) is 18.0. The first-order valence-corrected chi connectivity index (χ1v) is 10.7. The van der Waals surface area contributed by atoms with Crippen LogP contribution in [0, 0.1) is 5.92 Å². The van der Waals surface area contributed by atoms with Crippen LogP contribution in [0.2, 0.25) is 0 Å². The third kappa shape index (κ3) is 2.67. The molecule has 0 radical (unpaired) electrons. The Labute approximate surface area is 175 Å². The highest BCUT2D eigenvalue weighted by Crippen LogP contribution is 2.48. The number of amides is 1. The number of rotatable bonds is 3. The normalized spacial score (nSPS) is 30.9. The molecule has 5 aliphatic rings. The van der Waals surface area contributed by atoms with E-state index in [2.05, 4.69) is 17.0 Å². The minimum absolute atomic E-state index is 0.100. The second-order valence-electron chi connectivity index (χ2n) is 8.73. The minimum Gasteiger partial charge on any atom is -0.454 e. The van der Waals surface area contributed by atoms with Gasteiger partial charge in [0.05, 0.1) is 6.04 Å². The fourth-order valence-corrected chi connectivity index (χ4v) is 5.93. The zero-order valence-corrected chi connectivity index (χ0v) is 16.7. The van der Waals surface area contributed by atoms with E-state index in [1.165, 1.54) is 0 Å². The van der Waals surface area contributed by atoms with Crippen LogP contribution in [-0.4, -0.2) is 60.0 Å². The minimum atomic E-state index is -0.405. The van der Waals surface area contributed by atoms with E-state index < -0.39 is 5.78 Å². The van der Waals surface area contributed by atoms with E-state index in [0.717, 1.165) is 43.0 Å². The van der Waals surface area contributed by atoms with E-state index in [9.17, 15) is 9.59 Å². The Balaban J connectivity index is 1.35. The van der Waals surface area contributed by atoms with E-state index in [-0.39, 0.29) is 30.7 Å². The average molecular weight is 404 g/mol. The Morgan fingerprint density at radius 1 is 0.900 bits per heavy atom. The van der Waals surface area contributed by atoms with Crippen LogP contribution in [0.15, 0.2) is 48.5 Å². The summed E-state index contributed by atoms with van der Waals surface area (Å²) in [4.78, 5) is 30.7. The molecule has 30 heavy (non-hydrogen) atoms. The highest BCUT2D eigenvalue weighted by Gasteiger charge is 2.55. The van der Waals surface area contributed by atoms with E-state index in [4.69, 9.17) is 9.47 Å². The Hall–Kier alpha value is -2.86. The predicted octanol–water partition coefficient (Wildman–Crippen LogP) is 2.69. The van der Waals surface area contributed by atoms with Crippen molar-refractivity contribution >= 4 is 11.7 Å². The van der Waals surface area contributed by atoms with Gasteiger partial charge in [-0.05, 0) is 49.5 Å². The highest BCUT2D eigenvalue weighted by molar-refractivity contribution is 6.42. The zero-order chi connectivity index (χ0) is 20.2. The average Bonchev–Trinajstić information content (AvgIpc) is 3.45. The predicted molar refractivity (Wildman–Crippen MR) is 110 cm³/mol. The molecule has 6 nitrogen and oxygen atoms in total. The summed E-state index contributed by atoms with van der Waals surface area (Å²) in [5.74, 6) is 1.40. The van der Waals surface area contributed by atoms with E-state index in [0.29, 0.717) is 18.0 Å². The number of Topliss-reactive ketones (excluding diaryl/α,β-unsaturated/α-hetero) is 1. The lowest BCUT2D eigenvalue weighted by Gasteiger charge is -2.51. The largest absolute Gasteiger partial charge is 0.454 e. The molecule has 4 fully saturated rings. The van der Waals surface area contributed by atoms with E-state index >= 15 is 0 Å². The molecular formula is C24H24N2O4. The fraction of sp³-hybridized carbons (Fsp3) is 0.417. The number of ether oxygens (including phenoxy) is 2. The molecule has 0 unspecified atom stereocenters. The van der Waals surface area contributed by atoms with Gasteiger partial charge in [0, 0.05) is 24.1 Å². The van der Waals surface area contributed by atoms with Gasteiger partial charge in [-0.3, -0.25) is 14.5 Å². The molecular weight excluding hydrogens is 380 g/mol. The molecule has 4 saturated heterocycles. The molecule has 2 aromatic carbocycles. The Morgan fingerprint density at radius 2 is 1.67 bits per heavy atom. The maximum Gasteiger partial charge on any atom is 0.295 e. The van der Waals surface area contributed by atoms with Crippen LogP contribution >= 0.6 is 0 Å². The van der Waals surface area contributed by atoms with Crippen molar-refractivity contribution in [3.05, 3.63) is 59.7 Å². The van der Waals surface area contributed by atoms with Gasteiger partial charge < -0.3 is 14.4 Å². The summed E-state index contributed by atoms with van der Waals surface area (Å²) in [6.45, 7) is 2.96. The quantitative estimate of drug-likeness (QED) is 0.582. The van der Waals surface area contributed by atoms with Crippen LogP contribution in [0.25, 0.3) is 0 Å². The Bertz CT molecular complexity index is 1000. The van der Waals surface area contributed by atoms with Crippen LogP contribution in [0.4, 0.5) is 0 Å². The van der Waals surface area contributed by atoms with Gasteiger partial charge in [-0.15, -0.1) is 0 Å². The molecule has 5 heterocycles. The maximum absolute atomic E-state index is 13.4. The molecule has 2 aromatic rings. The number of ketones is 1. The summed E-state index contributed by atoms with van der Waals surface area (Å²) in [7, 11) is 0. The fourth-order valence-electron chi connectivity index (χ4n) is 5.93. The van der Waals surface area contributed by atoms with Gasteiger partial charge in [-0.1, -0.05) is 36.4 Å². The Kier molecular flexibility index (Phi) is 4.09. The number of nitrogens with zero attached hydrogens (tertiary/aromatic N) is 2. The van der Waals surface area contributed by atoms with E-state index in [1.807, 2.05) is 17.0 Å². The number of benzene rings is 2. The number of likely N-dealkylation sites (tertiary alicyclic amines) is 1. The van der Waals surface area contributed by atoms with Gasteiger partial charge in [-0.25, -0.2) is 0 Å². The molecule has 0 spiro atoms. The summed E-state index contributed by atoms with van der Waals surface area (Å²) in [5, 5.41) is 0. The van der Waals surface area contributed by atoms with Crippen molar-refractivity contribution in [2.24, 2.45) is 5.92 Å². The lowest BCUT2D eigenvalue weighted by molar-refractivity contribution is -0.131. The van der Waals surface area contributed by atoms with Crippen molar-refractivity contribution < 1.29 is 19.1 Å². The summed E-state index contributed by atoms with van der Waals surface area (Å²) in [6.07, 6.45) is 2.19. The molecule has 6 heteroatoms. The molecule has 5 aliphatic heterocycles. The van der Waals surface area contributed by atoms with Crippen molar-refractivity contribution in [3.8, 4) is 11.5 Å². The molecule has 3 atom stereocenters. The Morgan fingerprint density at radius 3 is 2.47 bits per heavy atom.